The zero-order valence-electron chi connectivity index (χ0n) is 9.56. The van der Waals surface area contributed by atoms with E-state index in [1.165, 1.54) is 54.1 Å². The van der Waals surface area contributed by atoms with Gasteiger partial charge in [-0.1, -0.05) is 47.5 Å². The third-order valence-corrected chi connectivity index (χ3v) is 5.05. The lowest BCUT2D eigenvalue weighted by molar-refractivity contribution is 0.399. The topological polar surface area (TPSA) is 0 Å². The Morgan fingerprint density at radius 3 is 2.62 bits per heavy atom. The van der Waals surface area contributed by atoms with Gasteiger partial charge in [0.15, 0.2) is 0 Å². The van der Waals surface area contributed by atoms with E-state index in [1.54, 1.807) is 5.56 Å². The SMILES string of the molecule is C=C1CCC2(CCCC2)c2c(Br)cccc21. The number of hydrogen-bond acceptors (Lipinski definition) is 0. The normalized spacial score (nSPS) is 22.4. The summed E-state index contributed by atoms with van der Waals surface area (Å²) in [6, 6.07) is 6.58. The maximum absolute atomic E-state index is 4.23. The molecule has 84 valence electrons. The molecule has 0 nitrogen and oxygen atoms in total. The van der Waals surface area contributed by atoms with E-state index >= 15 is 0 Å². The van der Waals surface area contributed by atoms with Gasteiger partial charge in [0, 0.05) is 4.47 Å². The van der Waals surface area contributed by atoms with Crippen LogP contribution in [0.4, 0.5) is 0 Å². The van der Waals surface area contributed by atoms with Crippen molar-refractivity contribution < 1.29 is 0 Å². The minimum Gasteiger partial charge on any atom is -0.0952 e. The van der Waals surface area contributed by atoms with Crippen LogP contribution in [0.25, 0.3) is 5.57 Å². The number of halogens is 1. The zero-order valence-corrected chi connectivity index (χ0v) is 11.1. The van der Waals surface area contributed by atoms with Crippen LogP contribution in [0.15, 0.2) is 29.3 Å². The van der Waals surface area contributed by atoms with Crippen molar-refractivity contribution in [1.82, 2.24) is 0 Å². The molecule has 1 aromatic carbocycles. The molecule has 1 aromatic rings. The van der Waals surface area contributed by atoms with Crippen LogP contribution >= 0.6 is 15.9 Å². The molecule has 0 bridgehead atoms. The highest BCUT2D eigenvalue weighted by Gasteiger charge is 2.40. The average molecular weight is 277 g/mol. The second-order valence-corrected chi connectivity index (χ2v) is 6.11. The van der Waals surface area contributed by atoms with E-state index in [9.17, 15) is 0 Å². The lowest BCUT2D eigenvalue weighted by Gasteiger charge is -2.37. The van der Waals surface area contributed by atoms with E-state index in [-0.39, 0.29) is 0 Å². The van der Waals surface area contributed by atoms with Gasteiger partial charge in [-0.3, -0.25) is 0 Å². The van der Waals surface area contributed by atoms with Crippen LogP contribution in [0.3, 0.4) is 0 Å². The van der Waals surface area contributed by atoms with Crippen molar-refractivity contribution in [3.8, 4) is 0 Å². The van der Waals surface area contributed by atoms with Crippen LogP contribution < -0.4 is 0 Å². The average Bonchev–Trinajstić information content (AvgIpc) is 2.74. The summed E-state index contributed by atoms with van der Waals surface area (Å²) < 4.78 is 1.30. The Hall–Kier alpha value is -0.560. The van der Waals surface area contributed by atoms with Gasteiger partial charge >= 0.3 is 0 Å². The Balaban J connectivity index is 2.22. The fourth-order valence-corrected chi connectivity index (χ4v) is 4.35. The molecule has 3 rings (SSSR count). The smallest absolute Gasteiger partial charge is 0.0219 e. The standard InChI is InChI=1S/C15H17Br/c1-11-7-10-15(8-2-3-9-15)14-12(11)5-4-6-13(14)16/h4-6H,1-3,7-10H2. The van der Waals surface area contributed by atoms with Gasteiger partial charge in [-0.05, 0) is 53.9 Å². The molecule has 1 fully saturated rings. The van der Waals surface area contributed by atoms with E-state index in [4.69, 9.17) is 0 Å². The van der Waals surface area contributed by atoms with E-state index in [1.807, 2.05) is 0 Å². The monoisotopic (exact) mass is 276 g/mol. The zero-order chi connectivity index (χ0) is 11.2. The van der Waals surface area contributed by atoms with Crippen LogP contribution in [-0.4, -0.2) is 0 Å². The lowest BCUT2D eigenvalue weighted by atomic mass is 9.68. The van der Waals surface area contributed by atoms with Gasteiger partial charge in [0.05, 0.1) is 0 Å². The van der Waals surface area contributed by atoms with Gasteiger partial charge in [0.2, 0.25) is 0 Å². The van der Waals surface area contributed by atoms with E-state index in [2.05, 4.69) is 40.7 Å². The number of allylic oxidation sites excluding steroid dienone is 1. The van der Waals surface area contributed by atoms with E-state index in [0.29, 0.717) is 5.41 Å². The van der Waals surface area contributed by atoms with Crippen molar-refractivity contribution in [1.29, 1.82) is 0 Å². The molecule has 0 radical (unpaired) electrons. The molecule has 1 heteroatoms. The highest BCUT2D eigenvalue weighted by molar-refractivity contribution is 9.10. The number of fused-ring (bicyclic) bond motifs is 2. The molecule has 1 saturated carbocycles. The molecule has 16 heavy (non-hydrogen) atoms. The first-order valence-corrected chi connectivity index (χ1v) is 6.99. The van der Waals surface area contributed by atoms with Crippen LogP contribution in [0.2, 0.25) is 0 Å². The first-order chi connectivity index (χ1) is 7.73. The van der Waals surface area contributed by atoms with Crippen molar-refractivity contribution in [2.75, 3.05) is 0 Å². The summed E-state index contributed by atoms with van der Waals surface area (Å²) >= 11 is 3.75. The van der Waals surface area contributed by atoms with Gasteiger partial charge < -0.3 is 0 Å². The predicted molar refractivity (Wildman–Crippen MR) is 72.6 cm³/mol. The minimum absolute atomic E-state index is 0.469. The summed E-state index contributed by atoms with van der Waals surface area (Å²) in [5.41, 5.74) is 4.77. The van der Waals surface area contributed by atoms with Crippen LogP contribution in [0.1, 0.15) is 49.7 Å². The second-order valence-electron chi connectivity index (χ2n) is 5.25. The first-order valence-electron chi connectivity index (χ1n) is 6.20. The molecule has 0 aliphatic heterocycles. The number of benzene rings is 1. The van der Waals surface area contributed by atoms with Crippen molar-refractivity contribution in [2.45, 2.75) is 43.9 Å². The highest BCUT2D eigenvalue weighted by Crippen LogP contribution is 2.53. The second kappa shape index (κ2) is 3.73. The maximum Gasteiger partial charge on any atom is 0.0219 e. The molecule has 0 saturated heterocycles. The maximum atomic E-state index is 4.23. The van der Waals surface area contributed by atoms with Crippen LogP contribution in [-0.2, 0) is 5.41 Å². The number of rotatable bonds is 0. The summed E-state index contributed by atoms with van der Waals surface area (Å²) in [6.07, 6.45) is 8.02. The fraction of sp³-hybridized carbons (Fsp3) is 0.467. The number of hydrogen-bond donors (Lipinski definition) is 0. The first kappa shape index (κ1) is 10.6. The van der Waals surface area contributed by atoms with Crippen molar-refractivity contribution >= 4 is 21.5 Å². The quantitative estimate of drug-likeness (QED) is 0.621. The Kier molecular flexibility index (Phi) is 2.47. The van der Waals surface area contributed by atoms with Gasteiger partial charge in [-0.2, -0.15) is 0 Å². The molecule has 0 amide bonds. The predicted octanol–water partition coefficient (Wildman–Crippen LogP) is 5.07. The Morgan fingerprint density at radius 1 is 1.12 bits per heavy atom. The van der Waals surface area contributed by atoms with Crippen LogP contribution in [0, 0.1) is 0 Å². The van der Waals surface area contributed by atoms with Gasteiger partial charge in [0.1, 0.15) is 0 Å². The molecule has 2 aliphatic carbocycles. The summed E-state index contributed by atoms with van der Waals surface area (Å²) in [7, 11) is 0. The van der Waals surface area contributed by atoms with Gasteiger partial charge in [-0.15, -0.1) is 0 Å². The molecule has 0 heterocycles. The molecule has 0 unspecified atom stereocenters. The highest BCUT2D eigenvalue weighted by atomic mass is 79.9. The Morgan fingerprint density at radius 2 is 1.88 bits per heavy atom. The third kappa shape index (κ3) is 1.41. The molecule has 2 aliphatic rings. The summed E-state index contributed by atoms with van der Waals surface area (Å²) in [5.74, 6) is 0. The lowest BCUT2D eigenvalue weighted by Crippen LogP contribution is -2.27. The molecule has 0 N–H and O–H groups in total. The van der Waals surface area contributed by atoms with Gasteiger partial charge in [-0.25, -0.2) is 0 Å². The summed E-state index contributed by atoms with van der Waals surface area (Å²) in [4.78, 5) is 0. The molecular formula is C15H17Br. The van der Waals surface area contributed by atoms with E-state index < -0.39 is 0 Å². The summed E-state index contributed by atoms with van der Waals surface area (Å²) in [6.45, 7) is 4.23. The third-order valence-electron chi connectivity index (χ3n) is 4.39. The Bertz CT molecular complexity index is 439. The van der Waals surface area contributed by atoms with Crippen LogP contribution in [0.5, 0.6) is 0 Å². The molecule has 1 spiro atoms. The van der Waals surface area contributed by atoms with Crippen molar-refractivity contribution in [2.24, 2.45) is 0 Å². The Labute approximate surface area is 106 Å². The van der Waals surface area contributed by atoms with Crippen molar-refractivity contribution in [3.63, 3.8) is 0 Å². The summed E-state index contributed by atoms with van der Waals surface area (Å²) in [5, 5.41) is 0. The molecular weight excluding hydrogens is 260 g/mol. The molecule has 0 atom stereocenters. The largest absolute Gasteiger partial charge is 0.0952 e. The molecule has 0 aromatic heterocycles. The fourth-order valence-electron chi connectivity index (χ4n) is 3.56. The van der Waals surface area contributed by atoms with Gasteiger partial charge in [0.25, 0.3) is 0 Å². The van der Waals surface area contributed by atoms with E-state index in [0.717, 1.165) is 0 Å². The van der Waals surface area contributed by atoms with Crippen molar-refractivity contribution in [3.05, 3.63) is 40.4 Å². The minimum atomic E-state index is 0.469.